The lowest BCUT2D eigenvalue weighted by Crippen LogP contribution is -1.86. The Bertz CT molecular complexity index is 868. The summed E-state index contributed by atoms with van der Waals surface area (Å²) < 4.78 is 5.19. The Balaban J connectivity index is 1.96. The van der Waals surface area contributed by atoms with Crippen LogP contribution in [0.4, 0.5) is 0 Å². The van der Waals surface area contributed by atoms with E-state index in [0.29, 0.717) is 34.1 Å². The topological polar surface area (TPSA) is 99.4 Å². The second-order valence-electron chi connectivity index (χ2n) is 4.16. The number of nitrogens with zero attached hydrogens (tertiary/aromatic N) is 5. The molecule has 0 bridgehead atoms. The van der Waals surface area contributed by atoms with E-state index in [0.717, 1.165) is 0 Å². The summed E-state index contributed by atoms with van der Waals surface area (Å²) in [5.41, 5.74) is 2.16. The SMILES string of the molecule is N#Cc1ccc(-c2noc(-c3cccc(C#N)c3)n2)nc1. The maximum absolute atomic E-state index is 8.89. The van der Waals surface area contributed by atoms with Gasteiger partial charge in [0.1, 0.15) is 11.8 Å². The van der Waals surface area contributed by atoms with Crippen LogP contribution in [0.15, 0.2) is 47.1 Å². The highest BCUT2D eigenvalue weighted by atomic mass is 16.5. The van der Waals surface area contributed by atoms with Crippen molar-refractivity contribution in [2.75, 3.05) is 0 Å². The lowest BCUT2D eigenvalue weighted by atomic mass is 10.1. The molecule has 0 unspecified atom stereocenters. The molecule has 0 aliphatic rings. The van der Waals surface area contributed by atoms with Crippen molar-refractivity contribution in [2.45, 2.75) is 0 Å². The molecule has 0 saturated heterocycles. The third kappa shape index (κ3) is 2.46. The van der Waals surface area contributed by atoms with Crippen molar-refractivity contribution in [3.8, 4) is 35.1 Å². The predicted octanol–water partition coefficient (Wildman–Crippen LogP) is 2.54. The van der Waals surface area contributed by atoms with E-state index in [2.05, 4.69) is 21.2 Å². The fraction of sp³-hybridized carbons (Fsp3) is 0. The van der Waals surface area contributed by atoms with Crippen LogP contribution >= 0.6 is 0 Å². The minimum absolute atomic E-state index is 0.313. The molecule has 3 aromatic rings. The van der Waals surface area contributed by atoms with Gasteiger partial charge in [-0.3, -0.25) is 4.98 Å². The van der Waals surface area contributed by atoms with E-state index < -0.39 is 0 Å². The lowest BCUT2D eigenvalue weighted by molar-refractivity contribution is 0.432. The smallest absolute Gasteiger partial charge is 0.258 e. The van der Waals surface area contributed by atoms with Gasteiger partial charge in [0, 0.05) is 11.8 Å². The molecule has 0 aliphatic carbocycles. The Morgan fingerprint density at radius 2 is 1.86 bits per heavy atom. The Kier molecular flexibility index (Phi) is 3.12. The van der Waals surface area contributed by atoms with Crippen molar-refractivity contribution in [3.63, 3.8) is 0 Å². The van der Waals surface area contributed by atoms with Gasteiger partial charge in [0.2, 0.25) is 5.82 Å². The van der Waals surface area contributed by atoms with Crippen molar-refractivity contribution in [1.29, 1.82) is 10.5 Å². The monoisotopic (exact) mass is 273 g/mol. The average molecular weight is 273 g/mol. The highest BCUT2D eigenvalue weighted by Gasteiger charge is 2.12. The van der Waals surface area contributed by atoms with E-state index in [-0.39, 0.29) is 0 Å². The van der Waals surface area contributed by atoms with Gasteiger partial charge in [0.05, 0.1) is 17.2 Å². The summed E-state index contributed by atoms with van der Waals surface area (Å²) in [6.45, 7) is 0. The van der Waals surface area contributed by atoms with E-state index in [4.69, 9.17) is 15.0 Å². The number of pyridine rings is 1. The zero-order chi connectivity index (χ0) is 14.7. The van der Waals surface area contributed by atoms with Gasteiger partial charge in [-0.2, -0.15) is 15.5 Å². The minimum atomic E-state index is 0.313. The largest absolute Gasteiger partial charge is 0.334 e. The summed E-state index contributed by atoms with van der Waals surface area (Å²) in [7, 11) is 0. The lowest BCUT2D eigenvalue weighted by Gasteiger charge is -1.94. The van der Waals surface area contributed by atoms with E-state index in [9.17, 15) is 0 Å². The number of rotatable bonds is 2. The number of nitriles is 2. The molecule has 0 saturated carbocycles. The molecule has 2 aromatic heterocycles. The molecule has 0 aliphatic heterocycles. The number of hydrogen-bond donors (Lipinski definition) is 0. The number of benzene rings is 1. The van der Waals surface area contributed by atoms with E-state index >= 15 is 0 Å². The fourth-order valence-electron chi connectivity index (χ4n) is 1.76. The molecule has 6 nitrogen and oxygen atoms in total. The minimum Gasteiger partial charge on any atom is -0.334 e. The Labute approximate surface area is 119 Å². The highest BCUT2D eigenvalue weighted by molar-refractivity contribution is 5.59. The standard InChI is InChI=1S/C15H7N5O/c16-7-10-2-1-3-12(6-10)15-19-14(20-21-15)13-5-4-11(8-17)9-18-13/h1-6,9H. The second kappa shape index (κ2) is 5.24. The maximum Gasteiger partial charge on any atom is 0.258 e. The van der Waals surface area contributed by atoms with Crippen molar-refractivity contribution in [1.82, 2.24) is 15.1 Å². The van der Waals surface area contributed by atoms with Gasteiger partial charge in [0.25, 0.3) is 5.89 Å². The quantitative estimate of drug-likeness (QED) is 0.711. The van der Waals surface area contributed by atoms with Crippen LogP contribution in [-0.2, 0) is 0 Å². The Morgan fingerprint density at radius 3 is 2.57 bits per heavy atom. The first kappa shape index (κ1) is 12.5. The molecule has 2 heterocycles. The van der Waals surface area contributed by atoms with Crippen molar-refractivity contribution in [3.05, 3.63) is 53.7 Å². The first-order chi connectivity index (χ1) is 10.3. The molecular formula is C15H7N5O. The van der Waals surface area contributed by atoms with Crippen LogP contribution in [0, 0.1) is 22.7 Å². The van der Waals surface area contributed by atoms with Gasteiger partial charge in [-0.15, -0.1) is 0 Å². The summed E-state index contributed by atoms with van der Waals surface area (Å²) in [6, 6.07) is 14.2. The highest BCUT2D eigenvalue weighted by Crippen LogP contribution is 2.21. The third-order valence-electron chi connectivity index (χ3n) is 2.79. The summed E-state index contributed by atoms with van der Waals surface area (Å²) in [5.74, 6) is 0.644. The van der Waals surface area contributed by atoms with Crippen LogP contribution in [-0.4, -0.2) is 15.1 Å². The normalized spacial score (nSPS) is 9.81. The van der Waals surface area contributed by atoms with Crippen LogP contribution in [0.3, 0.4) is 0 Å². The first-order valence-electron chi connectivity index (χ1n) is 6.01. The first-order valence-corrected chi connectivity index (χ1v) is 6.01. The fourth-order valence-corrected chi connectivity index (χ4v) is 1.76. The Hall–Kier alpha value is -3.51. The van der Waals surface area contributed by atoms with Gasteiger partial charge >= 0.3 is 0 Å². The summed E-state index contributed by atoms with van der Waals surface area (Å²) >= 11 is 0. The molecule has 3 rings (SSSR count). The van der Waals surface area contributed by atoms with E-state index in [1.165, 1.54) is 6.20 Å². The summed E-state index contributed by atoms with van der Waals surface area (Å²) in [5, 5.41) is 21.5. The summed E-state index contributed by atoms with van der Waals surface area (Å²) in [6.07, 6.45) is 1.45. The van der Waals surface area contributed by atoms with Crippen LogP contribution in [0.25, 0.3) is 23.0 Å². The molecule has 0 atom stereocenters. The van der Waals surface area contributed by atoms with Crippen LogP contribution in [0.5, 0.6) is 0 Å². The molecule has 0 radical (unpaired) electrons. The second-order valence-corrected chi connectivity index (χ2v) is 4.16. The summed E-state index contributed by atoms with van der Waals surface area (Å²) in [4.78, 5) is 8.35. The molecule has 21 heavy (non-hydrogen) atoms. The number of hydrogen-bond acceptors (Lipinski definition) is 6. The van der Waals surface area contributed by atoms with Gasteiger partial charge in [-0.25, -0.2) is 0 Å². The van der Waals surface area contributed by atoms with Crippen molar-refractivity contribution < 1.29 is 4.52 Å². The maximum atomic E-state index is 8.89. The van der Waals surface area contributed by atoms with Gasteiger partial charge in [0.15, 0.2) is 0 Å². The molecule has 0 spiro atoms. The van der Waals surface area contributed by atoms with Gasteiger partial charge in [-0.05, 0) is 30.3 Å². The third-order valence-corrected chi connectivity index (χ3v) is 2.79. The molecule has 0 fully saturated rings. The van der Waals surface area contributed by atoms with Crippen molar-refractivity contribution >= 4 is 0 Å². The molecule has 1 aromatic carbocycles. The molecular weight excluding hydrogens is 266 g/mol. The van der Waals surface area contributed by atoms with E-state index in [1.54, 1.807) is 36.4 Å². The zero-order valence-corrected chi connectivity index (χ0v) is 10.7. The molecule has 0 N–H and O–H groups in total. The van der Waals surface area contributed by atoms with Crippen LogP contribution < -0.4 is 0 Å². The number of aromatic nitrogens is 3. The molecule has 0 amide bonds. The van der Waals surface area contributed by atoms with Gasteiger partial charge in [-0.1, -0.05) is 11.2 Å². The zero-order valence-electron chi connectivity index (χ0n) is 10.7. The van der Waals surface area contributed by atoms with E-state index in [1.807, 2.05) is 6.07 Å². The molecule has 98 valence electrons. The van der Waals surface area contributed by atoms with Crippen molar-refractivity contribution in [2.24, 2.45) is 0 Å². The molecule has 6 heteroatoms. The Morgan fingerprint density at radius 1 is 1.00 bits per heavy atom. The van der Waals surface area contributed by atoms with Crippen LogP contribution in [0.2, 0.25) is 0 Å². The van der Waals surface area contributed by atoms with Crippen LogP contribution in [0.1, 0.15) is 11.1 Å². The average Bonchev–Trinajstić information content (AvgIpc) is 3.05. The predicted molar refractivity (Wildman–Crippen MR) is 72.4 cm³/mol. The van der Waals surface area contributed by atoms with Gasteiger partial charge < -0.3 is 4.52 Å².